The Balaban J connectivity index is 0.000000829. The molecule has 1 heterocycles. The zero-order valence-corrected chi connectivity index (χ0v) is 13.1. The second-order valence-corrected chi connectivity index (χ2v) is 3.80. The van der Waals surface area contributed by atoms with Crippen LogP contribution in [0.3, 0.4) is 0 Å². The molecule has 2 nitrogen and oxygen atoms in total. The predicted octanol–water partition coefficient (Wildman–Crippen LogP) is 5.13. The lowest BCUT2D eigenvalue weighted by Gasteiger charge is -2.01. The number of hydrogen-bond acceptors (Lipinski definition) is 1. The second-order valence-electron chi connectivity index (χ2n) is 3.80. The minimum Gasteiger partial charge on any atom is -0.342 e. The quantitative estimate of drug-likeness (QED) is 0.594. The lowest BCUT2D eigenvalue weighted by atomic mass is 10.0. The fourth-order valence-electron chi connectivity index (χ4n) is 1.86. The van der Waals surface area contributed by atoms with Gasteiger partial charge in [0.2, 0.25) is 0 Å². The zero-order valence-electron chi connectivity index (χ0n) is 13.1. The molecule has 0 aliphatic rings. The average Bonchev–Trinajstić information content (AvgIpc) is 2.88. The van der Waals surface area contributed by atoms with Gasteiger partial charge in [-0.3, -0.25) is 0 Å². The first-order valence-corrected chi connectivity index (χ1v) is 6.83. The average molecular weight is 268 g/mol. The van der Waals surface area contributed by atoms with Gasteiger partial charge in [-0.15, -0.1) is 12.8 Å². The summed E-state index contributed by atoms with van der Waals surface area (Å²) >= 11 is 0. The largest absolute Gasteiger partial charge is 0.342 e. The summed E-state index contributed by atoms with van der Waals surface area (Å²) in [6.45, 7) is 10.1. The molecule has 106 valence electrons. The predicted molar refractivity (Wildman–Crippen MR) is 90.5 cm³/mol. The first-order chi connectivity index (χ1) is 9.74. The van der Waals surface area contributed by atoms with Gasteiger partial charge in [-0.05, 0) is 44.0 Å². The van der Waals surface area contributed by atoms with Crippen LogP contribution in [0.5, 0.6) is 0 Å². The summed E-state index contributed by atoms with van der Waals surface area (Å²) in [6, 6.07) is 6.31. The fourth-order valence-corrected chi connectivity index (χ4v) is 1.86. The molecular weight excluding hydrogens is 244 g/mol. The number of nitrogens with zero attached hydrogens (tertiary/aromatic N) is 1. The van der Waals surface area contributed by atoms with Crippen LogP contribution in [-0.2, 0) is 0 Å². The van der Waals surface area contributed by atoms with Crippen molar-refractivity contribution in [1.82, 2.24) is 9.97 Å². The summed E-state index contributed by atoms with van der Waals surface area (Å²) < 4.78 is 0. The van der Waals surface area contributed by atoms with Crippen LogP contribution < -0.4 is 0 Å². The van der Waals surface area contributed by atoms with Crippen molar-refractivity contribution in [3.8, 4) is 12.8 Å². The number of hydrogen-bond donors (Lipinski definition) is 1. The normalized spacial score (nSPS) is 10.7. The molecule has 2 heteroatoms. The molecular formula is C18H24N2. The van der Waals surface area contributed by atoms with Gasteiger partial charge in [-0.25, -0.2) is 4.98 Å². The topological polar surface area (TPSA) is 28.7 Å². The first-order valence-electron chi connectivity index (χ1n) is 6.83. The molecule has 0 fully saturated rings. The van der Waals surface area contributed by atoms with E-state index in [0.717, 1.165) is 16.9 Å². The Labute approximate surface area is 122 Å². The highest BCUT2D eigenvalue weighted by Crippen LogP contribution is 2.20. The molecule has 20 heavy (non-hydrogen) atoms. The standard InChI is InChI=1S/C14H16N2.C2H6.C2H2/c1-4-6-11(5-2)12-7-8-13-14(9-12)16-10(3)15-13;2*1-2/h4-9H,1-3H3,(H,15,16);1-2H3;1-2H/b6-4-,11-5+;;. The molecule has 0 aliphatic carbocycles. The van der Waals surface area contributed by atoms with Crippen LogP contribution in [0.2, 0.25) is 0 Å². The minimum absolute atomic E-state index is 0.959. The van der Waals surface area contributed by atoms with Gasteiger partial charge < -0.3 is 4.98 Å². The van der Waals surface area contributed by atoms with Gasteiger partial charge in [-0.2, -0.15) is 0 Å². The number of imidazole rings is 1. The van der Waals surface area contributed by atoms with Gasteiger partial charge in [-0.1, -0.05) is 38.1 Å². The molecule has 0 spiro atoms. The number of terminal acetylenes is 1. The van der Waals surface area contributed by atoms with Crippen molar-refractivity contribution < 1.29 is 0 Å². The van der Waals surface area contributed by atoms with Crippen molar-refractivity contribution in [1.29, 1.82) is 0 Å². The Kier molecular flexibility index (Phi) is 8.54. The molecule has 0 atom stereocenters. The Morgan fingerprint density at radius 1 is 1.20 bits per heavy atom. The number of rotatable bonds is 2. The van der Waals surface area contributed by atoms with Crippen LogP contribution in [0, 0.1) is 19.8 Å². The van der Waals surface area contributed by atoms with Crippen LogP contribution in [0.4, 0.5) is 0 Å². The molecule has 1 N–H and O–H groups in total. The smallest absolute Gasteiger partial charge is 0.104 e. The number of benzene rings is 1. The molecule has 0 saturated heterocycles. The van der Waals surface area contributed by atoms with Crippen molar-refractivity contribution in [2.24, 2.45) is 0 Å². The third-order valence-corrected chi connectivity index (χ3v) is 2.59. The van der Waals surface area contributed by atoms with Crippen LogP contribution in [0.1, 0.15) is 39.1 Å². The van der Waals surface area contributed by atoms with Gasteiger partial charge in [0.25, 0.3) is 0 Å². The summed E-state index contributed by atoms with van der Waals surface area (Å²) in [5, 5.41) is 0. The molecule has 0 bridgehead atoms. The van der Waals surface area contributed by atoms with E-state index in [-0.39, 0.29) is 0 Å². The molecule has 1 aromatic carbocycles. The van der Waals surface area contributed by atoms with Crippen LogP contribution in [0.15, 0.2) is 36.4 Å². The van der Waals surface area contributed by atoms with Crippen molar-refractivity contribution in [3.63, 3.8) is 0 Å². The van der Waals surface area contributed by atoms with E-state index >= 15 is 0 Å². The van der Waals surface area contributed by atoms with Crippen LogP contribution in [0.25, 0.3) is 16.6 Å². The molecule has 0 saturated carbocycles. The first kappa shape index (κ1) is 17.7. The molecule has 2 aromatic rings. The van der Waals surface area contributed by atoms with E-state index in [1.54, 1.807) is 0 Å². The number of aryl methyl sites for hydroxylation is 1. The molecule has 0 amide bonds. The third-order valence-electron chi connectivity index (χ3n) is 2.59. The number of aromatic amines is 1. The maximum atomic E-state index is 4.39. The Hall–Kier alpha value is -2.27. The number of aromatic nitrogens is 2. The molecule has 0 radical (unpaired) electrons. The van der Waals surface area contributed by atoms with Crippen molar-refractivity contribution >= 4 is 16.6 Å². The summed E-state index contributed by atoms with van der Waals surface area (Å²) in [7, 11) is 0. The van der Waals surface area contributed by atoms with Gasteiger partial charge in [0, 0.05) is 0 Å². The maximum Gasteiger partial charge on any atom is 0.104 e. The number of H-pyrrole nitrogens is 1. The fraction of sp³-hybridized carbons (Fsp3) is 0.278. The van der Waals surface area contributed by atoms with E-state index in [9.17, 15) is 0 Å². The van der Waals surface area contributed by atoms with E-state index in [1.165, 1.54) is 11.1 Å². The van der Waals surface area contributed by atoms with E-state index in [4.69, 9.17) is 0 Å². The number of fused-ring (bicyclic) bond motifs is 1. The van der Waals surface area contributed by atoms with Crippen LogP contribution in [-0.4, -0.2) is 9.97 Å². The highest BCUT2D eigenvalue weighted by molar-refractivity contribution is 5.83. The van der Waals surface area contributed by atoms with Gasteiger partial charge in [0.1, 0.15) is 5.82 Å². The second kappa shape index (κ2) is 9.63. The summed E-state index contributed by atoms with van der Waals surface area (Å²) in [5.41, 5.74) is 4.57. The maximum absolute atomic E-state index is 4.39. The highest BCUT2D eigenvalue weighted by Gasteiger charge is 2.02. The monoisotopic (exact) mass is 268 g/mol. The Morgan fingerprint density at radius 2 is 1.85 bits per heavy atom. The van der Waals surface area contributed by atoms with Crippen molar-refractivity contribution in [2.75, 3.05) is 0 Å². The summed E-state index contributed by atoms with van der Waals surface area (Å²) in [4.78, 5) is 7.65. The van der Waals surface area contributed by atoms with E-state index < -0.39 is 0 Å². The lowest BCUT2D eigenvalue weighted by Crippen LogP contribution is -1.80. The Bertz CT molecular complexity index is 598. The molecule has 2 rings (SSSR count). The molecule has 0 unspecified atom stereocenters. The van der Waals surface area contributed by atoms with E-state index in [0.29, 0.717) is 0 Å². The molecule has 0 aliphatic heterocycles. The van der Waals surface area contributed by atoms with Gasteiger partial charge in [0.15, 0.2) is 0 Å². The van der Waals surface area contributed by atoms with E-state index in [1.807, 2.05) is 27.7 Å². The minimum atomic E-state index is 0.959. The van der Waals surface area contributed by atoms with Gasteiger partial charge in [0.05, 0.1) is 11.0 Å². The molecule has 1 aromatic heterocycles. The van der Waals surface area contributed by atoms with Crippen molar-refractivity contribution in [3.05, 3.63) is 47.8 Å². The number of allylic oxidation sites excluding steroid dienone is 4. The van der Waals surface area contributed by atoms with Gasteiger partial charge >= 0.3 is 0 Å². The Morgan fingerprint density at radius 3 is 2.40 bits per heavy atom. The highest BCUT2D eigenvalue weighted by atomic mass is 14.9. The van der Waals surface area contributed by atoms with Crippen molar-refractivity contribution in [2.45, 2.75) is 34.6 Å². The zero-order chi connectivity index (χ0) is 15.5. The van der Waals surface area contributed by atoms with E-state index in [2.05, 4.69) is 66.2 Å². The summed E-state index contributed by atoms with van der Waals surface area (Å²) in [6.07, 6.45) is 14.3. The van der Waals surface area contributed by atoms with Crippen LogP contribution >= 0.6 is 0 Å². The lowest BCUT2D eigenvalue weighted by molar-refractivity contribution is 1.17. The third kappa shape index (κ3) is 4.44. The SMILES string of the molecule is C#C.C/C=C\C(=C/C)c1ccc2nc(C)[nH]c2c1.CC. The number of nitrogens with one attached hydrogen (secondary N) is 1. The summed E-state index contributed by atoms with van der Waals surface area (Å²) in [5.74, 6) is 0.959.